The monoisotopic (exact) mass is 371 g/mol. The molecule has 1 saturated heterocycles. The van der Waals surface area contributed by atoms with E-state index in [-0.39, 0.29) is 17.7 Å². The van der Waals surface area contributed by atoms with E-state index >= 15 is 0 Å². The maximum atomic E-state index is 12.8. The molecule has 136 valence electrons. The molecule has 1 aliphatic heterocycles. The first-order valence-corrected chi connectivity index (χ1v) is 9.14. The molecular weight excluding hydrogens is 350 g/mol. The molecule has 1 fully saturated rings. The molecule has 0 spiro atoms. The number of esters is 1. The standard InChI is InChI=1S/C21H22ClNO3/c1-26-21(25)16-9-7-15(8-10-16)13-23-11-3-5-18(14-23)20(24)17-4-2-6-19(22)12-17/h2,4,6-10,12,18H,3,5,11,13-14H2,1H3. The smallest absolute Gasteiger partial charge is 0.337 e. The Morgan fingerprint density at radius 2 is 1.92 bits per heavy atom. The first kappa shape index (κ1) is 18.6. The van der Waals surface area contributed by atoms with Crippen LogP contribution < -0.4 is 0 Å². The van der Waals surface area contributed by atoms with E-state index in [2.05, 4.69) is 4.90 Å². The first-order chi connectivity index (χ1) is 12.6. The number of hydrogen-bond acceptors (Lipinski definition) is 4. The highest BCUT2D eigenvalue weighted by Crippen LogP contribution is 2.23. The first-order valence-electron chi connectivity index (χ1n) is 8.76. The number of ether oxygens (including phenoxy) is 1. The molecule has 1 unspecified atom stereocenters. The van der Waals surface area contributed by atoms with Crippen molar-refractivity contribution in [2.24, 2.45) is 5.92 Å². The summed E-state index contributed by atoms with van der Waals surface area (Å²) in [6, 6.07) is 14.6. The normalized spacial score (nSPS) is 17.7. The topological polar surface area (TPSA) is 46.6 Å². The fraction of sp³-hybridized carbons (Fsp3) is 0.333. The van der Waals surface area contributed by atoms with Crippen molar-refractivity contribution in [2.45, 2.75) is 19.4 Å². The molecule has 0 N–H and O–H groups in total. The number of ketones is 1. The third kappa shape index (κ3) is 4.51. The lowest BCUT2D eigenvalue weighted by Gasteiger charge is -2.32. The fourth-order valence-corrected chi connectivity index (χ4v) is 3.60. The van der Waals surface area contributed by atoms with Gasteiger partial charge in [-0.3, -0.25) is 9.69 Å². The summed E-state index contributed by atoms with van der Waals surface area (Å²) >= 11 is 6.01. The molecule has 0 radical (unpaired) electrons. The lowest BCUT2D eigenvalue weighted by molar-refractivity contribution is 0.0600. The molecule has 2 aromatic rings. The van der Waals surface area contributed by atoms with Crippen LogP contribution in [0.5, 0.6) is 0 Å². The molecule has 1 aliphatic rings. The molecule has 0 aliphatic carbocycles. The number of nitrogens with zero attached hydrogens (tertiary/aromatic N) is 1. The minimum absolute atomic E-state index is 0.00319. The van der Waals surface area contributed by atoms with Crippen molar-refractivity contribution < 1.29 is 14.3 Å². The number of carbonyl (C=O) groups excluding carboxylic acids is 2. The number of hydrogen-bond donors (Lipinski definition) is 0. The number of rotatable bonds is 5. The number of carbonyl (C=O) groups is 2. The summed E-state index contributed by atoms with van der Waals surface area (Å²) in [4.78, 5) is 26.6. The van der Waals surface area contributed by atoms with Gasteiger partial charge in [0.05, 0.1) is 12.7 Å². The average molecular weight is 372 g/mol. The van der Waals surface area contributed by atoms with Crippen molar-refractivity contribution in [3.8, 4) is 0 Å². The van der Waals surface area contributed by atoms with Gasteiger partial charge in [0.2, 0.25) is 0 Å². The van der Waals surface area contributed by atoms with E-state index in [9.17, 15) is 9.59 Å². The van der Waals surface area contributed by atoms with Crippen LogP contribution in [0.3, 0.4) is 0 Å². The molecule has 0 amide bonds. The number of Topliss-reactive ketones (excluding diaryl/α,β-unsaturated/α-hetero) is 1. The van der Waals surface area contributed by atoms with Gasteiger partial charge in [-0.25, -0.2) is 4.79 Å². The molecule has 1 heterocycles. The van der Waals surface area contributed by atoms with E-state index in [0.717, 1.165) is 38.0 Å². The van der Waals surface area contributed by atoms with Crippen LogP contribution in [0, 0.1) is 5.92 Å². The van der Waals surface area contributed by atoms with Crippen LogP contribution >= 0.6 is 11.6 Å². The summed E-state index contributed by atoms with van der Waals surface area (Å²) in [5, 5.41) is 0.592. The van der Waals surface area contributed by atoms with Gasteiger partial charge in [0, 0.05) is 29.6 Å². The molecule has 4 nitrogen and oxygen atoms in total. The number of piperidine rings is 1. The summed E-state index contributed by atoms with van der Waals surface area (Å²) in [7, 11) is 1.38. The highest BCUT2D eigenvalue weighted by molar-refractivity contribution is 6.31. The number of likely N-dealkylation sites (tertiary alicyclic amines) is 1. The van der Waals surface area contributed by atoms with Crippen LogP contribution in [-0.4, -0.2) is 36.9 Å². The van der Waals surface area contributed by atoms with E-state index in [0.29, 0.717) is 16.1 Å². The average Bonchev–Trinajstić information content (AvgIpc) is 2.67. The maximum absolute atomic E-state index is 12.8. The Hall–Kier alpha value is -2.17. The lowest BCUT2D eigenvalue weighted by Crippen LogP contribution is -2.38. The van der Waals surface area contributed by atoms with Gasteiger partial charge >= 0.3 is 5.97 Å². The highest BCUT2D eigenvalue weighted by Gasteiger charge is 2.26. The minimum Gasteiger partial charge on any atom is -0.465 e. The summed E-state index contributed by atoms with van der Waals surface area (Å²) in [5.74, 6) is -0.170. The van der Waals surface area contributed by atoms with Crippen LogP contribution in [-0.2, 0) is 11.3 Å². The Bertz CT molecular complexity index is 788. The Kier molecular flexibility index (Phi) is 6.07. The molecule has 1 atom stereocenters. The zero-order valence-corrected chi connectivity index (χ0v) is 15.5. The third-order valence-corrected chi connectivity index (χ3v) is 5.00. The van der Waals surface area contributed by atoms with E-state index in [1.54, 1.807) is 24.3 Å². The van der Waals surface area contributed by atoms with Crippen LogP contribution in [0.2, 0.25) is 5.02 Å². The molecule has 0 aromatic heterocycles. The molecular formula is C21H22ClNO3. The van der Waals surface area contributed by atoms with Gasteiger partial charge in [0.25, 0.3) is 0 Å². The third-order valence-electron chi connectivity index (χ3n) is 4.77. The van der Waals surface area contributed by atoms with Gasteiger partial charge in [0.15, 0.2) is 5.78 Å². The quantitative estimate of drug-likeness (QED) is 0.583. The SMILES string of the molecule is COC(=O)c1ccc(CN2CCCC(C(=O)c3cccc(Cl)c3)C2)cc1. The molecule has 0 saturated carbocycles. The Balaban J connectivity index is 1.63. The molecule has 26 heavy (non-hydrogen) atoms. The van der Waals surface area contributed by atoms with Gasteiger partial charge in [0.1, 0.15) is 0 Å². The van der Waals surface area contributed by atoms with E-state index in [4.69, 9.17) is 16.3 Å². The van der Waals surface area contributed by atoms with Gasteiger partial charge < -0.3 is 4.74 Å². The fourth-order valence-electron chi connectivity index (χ4n) is 3.41. The van der Waals surface area contributed by atoms with Crippen LogP contribution in [0.15, 0.2) is 48.5 Å². The summed E-state index contributed by atoms with van der Waals surface area (Å²) in [6.45, 7) is 2.48. The zero-order valence-electron chi connectivity index (χ0n) is 14.8. The minimum atomic E-state index is -0.332. The summed E-state index contributed by atoms with van der Waals surface area (Å²) < 4.78 is 4.72. The molecule has 2 aromatic carbocycles. The Morgan fingerprint density at radius 1 is 1.15 bits per heavy atom. The lowest BCUT2D eigenvalue weighted by atomic mass is 9.90. The number of methoxy groups -OCH3 is 1. The van der Waals surface area contributed by atoms with Gasteiger partial charge in [-0.2, -0.15) is 0 Å². The largest absolute Gasteiger partial charge is 0.465 e. The van der Waals surface area contributed by atoms with Gasteiger partial charge in [-0.15, -0.1) is 0 Å². The van der Waals surface area contributed by atoms with E-state index in [1.165, 1.54) is 7.11 Å². The van der Waals surface area contributed by atoms with Gasteiger partial charge in [-0.1, -0.05) is 35.9 Å². The summed E-state index contributed by atoms with van der Waals surface area (Å²) in [5.41, 5.74) is 2.35. The van der Waals surface area contributed by atoms with Crippen LogP contribution in [0.4, 0.5) is 0 Å². The van der Waals surface area contributed by atoms with E-state index < -0.39 is 0 Å². The molecule has 3 rings (SSSR count). The predicted molar refractivity (Wildman–Crippen MR) is 102 cm³/mol. The second-order valence-corrected chi connectivity index (χ2v) is 7.07. The van der Waals surface area contributed by atoms with Crippen molar-refractivity contribution >= 4 is 23.4 Å². The van der Waals surface area contributed by atoms with Crippen molar-refractivity contribution in [3.05, 3.63) is 70.2 Å². The van der Waals surface area contributed by atoms with Crippen molar-refractivity contribution in [1.82, 2.24) is 4.90 Å². The Labute approximate surface area is 158 Å². The maximum Gasteiger partial charge on any atom is 0.337 e. The zero-order chi connectivity index (χ0) is 18.5. The van der Waals surface area contributed by atoms with Crippen LogP contribution in [0.1, 0.15) is 39.1 Å². The molecule has 0 bridgehead atoms. The van der Waals surface area contributed by atoms with Crippen molar-refractivity contribution in [1.29, 1.82) is 0 Å². The van der Waals surface area contributed by atoms with Crippen molar-refractivity contribution in [2.75, 3.05) is 20.2 Å². The second kappa shape index (κ2) is 8.47. The number of benzene rings is 2. The second-order valence-electron chi connectivity index (χ2n) is 6.64. The predicted octanol–water partition coefficient (Wildman–Crippen LogP) is 4.22. The molecule has 5 heteroatoms. The summed E-state index contributed by atoms with van der Waals surface area (Å²) in [6.07, 6.45) is 1.90. The highest BCUT2D eigenvalue weighted by atomic mass is 35.5. The Morgan fingerprint density at radius 3 is 2.62 bits per heavy atom. The van der Waals surface area contributed by atoms with Crippen molar-refractivity contribution in [3.63, 3.8) is 0 Å². The van der Waals surface area contributed by atoms with E-state index in [1.807, 2.05) is 24.3 Å². The van der Waals surface area contributed by atoms with Gasteiger partial charge in [-0.05, 0) is 49.2 Å². The number of halogens is 1. The van der Waals surface area contributed by atoms with Crippen LogP contribution in [0.25, 0.3) is 0 Å².